The molecule has 0 radical (unpaired) electrons. The molecule has 2 amide bonds. The van der Waals surface area contributed by atoms with Crippen molar-refractivity contribution in [2.75, 3.05) is 6.54 Å². The summed E-state index contributed by atoms with van der Waals surface area (Å²) in [6, 6.07) is 9.59. The van der Waals surface area contributed by atoms with E-state index in [9.17, 15) is 9.59 Å². The lowest BCUT2D eigenvalue weighted by atomic mass is 10.0. The molecule has 0 bridgehead atoms. The van der Waals surface area contributed by atoms with Gasteiger partial charge in [0.2, 0.25) is 0 Å². The Hall–Kier alpha value is -2.27. The van der Waals surface area contributed by atoms with Crippen molar-refractivity contribution < 1.29 is 14.0 Å². The van der Waals surface area contributed by atoms with E-state index in [4.69, 9.17) is 4.42 Å². The molecule has 25 heavy (non-hydrogen) atoms. The number of aryl methyl sites for hydroxylation is 2. The Morgan fingerprint density at radius 1 is 1.08 bits per heavy atom. The summed E-state index contributed by atoms with van der Waals surface area (Å²) in [6.07, 6.45) is 2.35. The minimum Gasteiger partial charge on any atom is -0.468 e. The summed E-state index contributed by atoms with van der Waals surface area (Å²) in [6.45, 7) is 6.45. The molecule has 0 fully saturated rings. The van der Waals surface area contributed by atoms with E-state index in [2.05, 4.69) is 0 Å². The van der Waals surface area contributed by atoms with Gasteiger partial charge in [-0.1, -0.05) is 25.1 Å². The van der Waals surface area contributed by atoms with Gasteiger partial charge in [0.15, 0.2) is 0 Å². The van der Waals surface area contributed by atoms with Gasteiger partial charge < -0.3 is 4.42 Å². The molecule has 0 saturated heterocycles. The number of imide groups is 1. The first kappa shape index (κ1) is 17.5. The molecule has 1 aromatic heterocycles. The minimum atomic E-state index is -0.198. The monoisotopic (exact) mass is 355 g/mol. The SMILES string of the molecule is CCCN1C(=O)C(SCc2ccco2)=C(c2ccc(C)c(C)c2)C1=O. The number of hydrogen-bond donors (Lipinski definition) is 0. The zero-order valence-corrected chi connectivity index (χ0v) is 15.5. The van der Waals surface area contributed by atoms with Gasteiger partial charge in [-0.2, -0.15) is 0 Å². The molecule has 4 nitrogen and oxygen atoms in total. The maximum absolute atomic E-state index is 12.9. The lowest BCUT2D eigenvalue weighted by molar-refractivity contribution is -0.136. The molecule has 1 aliphatic heterocycles. The zero-order chi connectivity index (χ0) is 18.0. The second-order valence-electron chi connectivity index (χ2n) is 6.13. The highest BCUT2D eigenvalue weighted by Gasteiger charge is 2.38. The van der Waals surface area contributed by atoms with Crippen LogP contribution in [0.4, 0.5) is 0 Å². The smallest absolute Gasteiger partial charge is 0.267 e. The van der Waals surface area contributed by atoms with E-state index in [1.165, 1.54) is 16.7 Å². The van der Waals surface area contributed by atoms with E-state index in [0.717, 1.165) is 28.9 Å². The molecule has 0 atom stereocenters. The number of hydrogen-bond acceptors (Lipinski definition) is 4. The molecule has 0 N–H and O–H groups in total. The Labute approximate surface area is 151 Å². The second kappa shape index (κ2) is 7.31. The third kappa shape index (κ3) is 3.42. The van der Waals surface area contributed by atoms with Crippen molar-refractivity contribution >= 4 is 29.1 Å². The number of carbonyl (C=O) groups excluding carboxylic acids is 2. The van der Waals surface area contributed by atoms with Crippen molar-refractivity contribution in [1.29, 1.82) is 0 Å². The number of furan rings is 1. The molecule has 2 heterocycles. The van der Waals surface area contributed by atoms with Crippen molar-refractivity contribution in [2.24, 2.45) is 0 Å². The highest BCUT2D eigenvalue weighted by molar-refractivity contribution is 8.03. The van der Waals surface area contributed by atoms with Crippen LogP contribution in [0, 0.1) is 13.8 Å². The van der Waals surface area contributed by atoms with Crippen LogP contribution in [0.25, 0.3) is 5.57 Å². The topological polar surface area (TPSA) is 50.5 Å². The van der Waals surface area contributed by atoms with Gasteiger partial charge in [0.25, 0.3) is 11.8 Å². The van der Waals surface area contributed by atoms with E-state index in [1.807, 2.05) is 51.1 Å². The van der Waals surface area contributed by atoms with E-state index < -0.39 is 0 Å². The average Bonchev–Trinajstić information content (AvgIpc) is 3.18. The third-order valence-corrected chi connectivity index (χ3v) is 5.40. The molecule has 0 spiro atoms. The molecule has 130 valence electrons. The van der Waals surface area contributed by atoms with Crippen LogP contribution < -0.4 is 0 Å². The fourth-order valence-electron chi connectivity index (χ4n) is 2.80. The number of carbonyl (C=O) groups is 2. The number of thioether (sulfide) groups is 1. The number of benzene rings is 1. The molecule has 3 rings (SSSR count). The molecule has 5 heteroatoms. The van der Waals surface area contributed by atoms with Crippen LogP contribution in [0.5, 0.6) is 0 Å². The summed E-state index contributed by atoms with van der Waals surface area (Å²) in [5.74, 6) is 0.912. The van der Waals surface area contributed by atoms with Crippen LogP contribution in [-0.2, 0) is 15.3 Å². The summed E-state index contributed by atoms with van der Waals surface area (Å²) in [5, 5.41) is 0. The van der Waals surface area contributed by atoms with Crippen molar-refractivity contribution in [1.82, 2.24) is 4.90 Å². The predicted octanol–water partition coefficient (Wildman–Crippen LogP) is 4.32. The van der Waals surface area contributed by atoms with E-state index in [0.29, 0.717) is 22.8 Å². The lowest BCUT2D eigenvalue weighted by Crippen LogP contribution is -2.32. The normalized spacial score (nSPS) is 14.8. The van der Waals surface area contributed by atoms with Gasteiger partial charge in [-0.15, -0.1) is 11.8 Å². The second-order valence-corrected chi connectivity index (χ2v) is 7.12. The lowest BCUT2D eigenvalue weighted by Gasteiger charge is -2.13. The largest absolute Gasteiger partial charge is 0.468 e. The summed E-state index contributed by atoms with van der Waals surface area (Å²) in [5.41, 5.74) is 3.59. The van der Waals surface area contributed by atoms with Gasteiger partial charge in [0, 0.05) is 6.54 Å². The first-order valence-corrected chi connectivity index (χ1v) is 9.34. The van der Waals surface area contributed by atoms with Crippen molar-refractivity contribution in [3.8, 4) is 0 Å². The van der Waals surface area contributed by atoms with Gasteiger partial charge in [-0.3, -0.25) is 14.5 Å². The zero-order valence-electron chi connectivity index (χ0n) is 14.7. The molecule has 2 aromatic rings. The first-order chi connectivity index (χ1) is 12.0. The fourth-order valence-corrected chi connectivity index (χ4v) is 3.84. The molecular weight excluding hydrogens is 334 g/mol. The Bertz CT molecular complexity index is 837. The van der Waals surface area contributed by atoms with E-state index >= 15 is 0 Å². The highest BCUT2D eigenvalue weighted by atomic mass is 32.2. The summed E-state index contributed by atoms with van der Waals surface area (Å²) < 4.78 is 5.35. The third-order valence-electron chi connectivity index (χ3n) is 4.31. The van der Waals surface area contributed by atoms with Crippen molar-refractivity contribution in [3.63, 3.8) is 0 Å². The van der Waals surface area contributed by atoms with Gasteiger partial charge in [-0.25, -0.2) is 0 Å². The molecule has 0 aliphatic carbocycles. The summed E-state index contributed by atoms with van der Waals surface area (Å²) in [4.78, 5) is 27.5. The van der Waals surface area contributed by atoms with Gasteiger partial charge >= 0.3 is 0 Å². The maximum atomic E-state index is 12.9. The summed E-state index contributed by atoms with van der Waals surface area (Å²) in [7, 11) is 0. The maximum Gasteiger partial charge on any atom is 0.267 e. The molecule has 1 aliphatic rings. The van der Waals surface area contributed by atoms with Gasteiger partial charge in [-0.05, 0) is 49.1 Å². The van der Waals surface area contributed by atoms with Crippen LogP contribution in [0.15, 0.2) is 45.9 Å². The molecule has 0 unspecified atom stereocenters. The van der Waals surface area contributed by atoms with Crippen LogP contribution in [0.3, 0.4) is 0 Å². The van der Waals surface area contributed by atoms with Crippen LogP contribution in [-0.4, -0.2) is 23.3 Å². The van der Waals surface area contributed by atoms with Crippen molar-refractivity contribution in [3.05, 3.63) is 64.0 Å². The number of nitrogens with zero attached hydrogens (tertiary/aromatic N) is 1. The van der Waals surface area contributed by atoms with Gasteiger partial charge in [0.05, 0.1) is 22.5 Å². The quantitative estimate of drug-likeness (QED) is 0.724. The molecule has 0 saturated carbocycles. The Kier molecular flexibility index (Phi) is 5.13. The Balaban J connectivity index is 2.00. The van der Waals surface area contributed by atoms with Gasteiger partial charge in [0.1, 0.15) is 5.76 Å². The van der Waals surface area contributed by atoms with Crippen LogP contribution in [0.2, 0.25) is 0 Å². The minimum absolute atomic E-state index is 0.197. The van der Waals surface area contributed by atoms with E-state index in [-0.39, 0.29) is 11.8 Å². The Morgan fingerprint density at radius 3 is 2.52 bits per heavy atom. The van der Waals surface area contributed by atoms with Crippen LogP contribution >= 0.6 is 11.8 Å². The highest BCUT2D eigenvalue weighted by Crippen LogP contribution is 2.38. The van der Waals surface area contributed by atoms with Crippen molar-refractivity contribution in [2.45, 2.75) is 32.9 Å². The Morgan fingerprint density at radius 2 is 1.88 bits per heavy atom. The standard InChI is InChI=1S/C20H21NO3S/c1-4-9-21-19(22)17(15-8-7-13(2)14(3)11-15)18(20(21)23)25-12-16-6-5-10-24-16/h5-8,10-11H,4,9,12H2,1-3H3. The number of amides is 2. The number of rotatable bonds is 6. The molecule has 1 aromatic carbocycles. The molecular formula is C20H21NO3S. The fraction of sp³-hybridized carbons (Fsp3) is 0.300. The predicted molar refractivity (Wildman–Crippen MR) is 99.9 cm³/mol. The van der Waals surface area contributed by atoms with E-state index in [1.54, 1.807) is 6.26 Å². The first-order valence-electron chi connectivity index (χ1n) is 8.36. The average molecular weight is 355 g/mol. The van der Waals surface area contributed by atoms with Crippen LogP contribution in [0.1, 0.15) is 35.8 Å². The summed E-state index contributed by atoms with van der Waals surface area (Å²) >= 11 is 1.37.